The van der Waals surface area contributed by atoms with Crippen molar-refractivity contribution < 1.29 is 19.8 Å². The molecule has 0 aromatic rings. The number of rotatable bonds is 5. The molecule has 0 spiro atoms. The number of carboxylic acids is 2. The highest BCUT2D eigenvalue weighted by Crippen LogP contribution is 2.18. The van der Waals surface area contributed by atoms with Gasteiger partial charge in [0.2, 0.25) is 0 Å². The van der Waals surface area contributed by atoms with Crippen molar-refractivity contribution in [3.8, 4) is 0 Å². The summed E-state index contributed by atoms with van der Waals surface area (Å²) in [5.41, 5.74) is 0. The molecule has 1 aliphatic rings. The van der Waals surface area contributed by atoms with Gasteiger partial charge in [0.25, 0.3) is 0 Å². The maximum atomic E-state index is 10.8. The molecule has 0 saturated heterocycles. The molecule has 0 heterocycles. The van der Waals surface area contributed by atoms with E-state index in [4.69, 9.17) is 10.2 Å². The number of carboxylic acid groups (broad SMARTS) is 2. The van der Waals surface area contributed by atoms with E-state index in [1.54, 1.807) is 0 Å². The summed E-state index contributed by atoms with van der Waals surface area (Å²) in [6.45, 7) is 0. The van der Waals surface area contributed by atoms with E-state index >= 15 is 0 Å². The Bertz CT molecular complexity index is 236. The van der Waals surface area contributed by atoms with Gasteiger partial charge < -0.3 is 15.5 Å². The van der Waals surface area contributed by atoms with Crippen LogP contribution in [-0.4, -0.2) is 34.2 Å². The molecule has 0 aromatic heterocycles. The van der Waals surface area contributed by atoms with Crippen molar-refractivity contribution in [3.63, 3.8) is 0 Å². The van der Waals surface area contributed by atoms with Crippen LogP contribution in [0.5, 0.6) is 0 Å². The summed E-state index contributed by atoms with van der Waals surface area (Å²) in [6, 6.07) is -0.787. The highest BCUT2D eigenvalue weighted by molar-refractivity contribution is 5.80. The second-order valence-corrected chi connectivity index (χ2v) is 3.99. The molecule has 0 aromatic carbocycles. The van der Waals surface area contributed by atoms with Crippen molar-refractivity contribution in [1.82, 2.24) is 5.32 Å². The van der Waals surface area contributed by atoms with Gasteiger partial charge in [-0.2, -0.15) is 0 Å². The van der Waals surface area contributed by atoms with Gasteiger partial charge in [-0.05, 0) is 12.8 Å². The molecule has 0 amide bonds. The Kier molecular flexibility index (Phi) is 4.55. The number of hydrogen-bond donors (Lipinski definition) is 3. The third-order valence-electron chi connectivity index (χ3n) is 2.72. The Morgan fingerprint density at radius 2 is 1.80 bits per heavy atom. The van der Waals surface area contributed by atoms with E-state index in [0.717, 1.165) is 25.7 Å². The van der Waals surface area contributed by atoms with E-state index in [-0.39, 0.29) is 12.5 Å². The van der Waals surface area contributed by atoms with Crippen molar-refractivity contribution in [1.29, 1.82) is 0 Å². The molecule has 1 rings (SSSR count). The zero-order valence-electron chi connectivity index (χ0n) is 8.61. The summed E-state index contributed by atoms with van der Waals surface area (Å²) < 4.78 is 0. The van der Waals surface area contributed by atoms with E-state index in [2.05, 4.69) is 5.32 Å². The SMILES string of the molecule is O=C(O)C[C@H](NC1CCCCC1)C(=O)O. The molecule has 3 N–H and O–H groups in total. The van der Waals surface area contributed by atoms with Crippen molar-refractivity contribution in [2.24, 2.45) is 0 Å². The normalized spacial score (nSPS) is 19.7. The zero-order chi connectivity index (χ0) is 11.3. The van der Waals surface area contributed by atoms with Gasteiger partial charge in [0.1, 0.15) is 6.04 Å². The van der Waals surface area contributed by atoms with Gasteiger partial charge in [0, 0.05) is 6.04 Å². The molecule has 5 heteroatoms. The van der Waals surface area contributed by atoms with Crippen LogP contribution in [0, 0.1) is 0 Å². The monoisotopic (exact) mass is 215 g/mol. The summed E-state index contributed by atoms with van der Waals surface area (Å²) in [5.74, 6) is -2.16. The first-order valence-electron chi connectivity index (χ1n) is 5.30. The highest BCUT2D eigenvalue weighted by atomic mass is 16.4. The number of aliphatic carboxylic acids is 2. The molecule has 86 valence electrons. The van der Waals surface area contributed by atoms with Gasteiger partial charge in [0.15, 0.2) is 0 Å². The lowest BCUT2D eigenvalue weighted by Gasteiger charge is -2.25. The second kappa shape index (κ2) is 5.70. The summed E-state index contributed by atoms with van der Waals surface area (Å²) in [7, 11) is 0. The molecule has 0 unspecified atom stereocenters. The van der Waals surface area contributed by atoms with Crippen LogP contribution in [0.25, 0.3) is 0 Å². The fourth-order valence-corrected chi connectivity index (χ4v) is 1.95. The average molecular weight is 215 g/mol. The van der Waals surface area contributed by atoms with E-state index < -0.39 is 18.0 Å². The van der Waals surface area contributed by atoms with Crippen LogP contribution in [0.1, 0.15) is 38.5 Å². The lowest BCUT2D eigenvalue weighted by atomic mass is 9.94. The van der Waals surface area contributed by atoms with Gasteiger partial charge in [-0.25, -0.2) is 0 Å². The number of hydrogen-bond acceptors (Lipinski definition) is 3. The maximum Gasteiger partial charge on any atom is 0.321 e. The minimum atomic E-state index is -1.08. The molecule has 5 nitrogen and oxygen atoms in total. The lowest BCUT2D eigenvalue weighted by molar-refractivity contribution is -0.146. The molecular formula is C10H17NO4. The Morgan fingerprint density at radius 3 is 2.27 bits per heavy atom. The predicted octanol–water partition coefficient (Wildman–Crippen LogP) is 0.837. The smallest absolute Gasteiger partial charge is 0.321 e. The van der Waals surface area contributed by atoms with Crippen LogP contribution in [-0.2, 0) is 9.59 Å². The molecule has 1 fully saturated rings. The molecular weight excluding hydrogens is 198 g/mol. The first-order chi connectivity index (χ1) is 7.09. The van der Waals surface area contributed by atoms with Gasteiger partial charge in [-0.3, -0.25) is 9.59 Å². The Morgan fingerprint density at radius 1 is 1.20 bits per heavy atom. The second-order valence-electron chi connectivity index (χ2n) is 3.99. The van der Waals surface area contributed by atoms with Gasteiger partial charge in [0.05, 0.1) is 6.42 Å². The van der Waals surface area contributed by atoms with Crippen LogP contribution in [0.15, 0.2) is 0 Å². The third kappa shape index (κ3) is 4.29. The molecule has 0 bridgehead atoms. The summed E-state index contributed by atoms with van der Waals surface area (Å²) in [6.07, 6.45) is 4.92. The fraction of sp³-hybridized carbons (Fsp3) is 0.800. The molecule has 15 heavy (non-hydrogen) atoms. The number of nitrogens with one attached hydrogen (secondary N) is 1. The molecule has 1 atom stereocenters. The fourth-order valence-electron chi connectivity index (χ4n) is 1.95. The maximum absolute atomic E-state index is 10.8. The third-order valence-corrected chi connectivity index (χ3v) is 2.72. The zero-order valence-corrected chi connectivity index (χ0v) is 8.61. The highest BCUT2D eigenvalue weighted by Gasteiger charge is 2.24. The topological polar surface area (TPSA) is 86.6 Å². The molecule has 0 aliphatic heterocycles. The predicted molar refractivity (Wildman–Crippen MR) is 53.7 cm³/mol. The van der Waals surface area contributed by atoms with Crippen LogP contribution in [0.4, 0.5) is 0 Å². The van der Waals surface area contributed by atoms with E-state index in [1.807, 2.05) is 0 Å². The van der Waals surface area contributed by atoms with Gasteiger partial charge >= 0.3 is 11.9 Å². The van der Waals surface area contributed by atoms with Crippen LogP contribution >= 0.6 is 0 Å². The van der Waals surface area contributed by atoms with Crippen LogP contribution in [0.2, 0.25) is 0 Å². The lowest BCUT2D eigenvalue weighted by Crippen LogP contribution is -2.45. The Labute approximate surface area is 88.5 Å². The molecule has 0 radical (unpaired) electrons. The standard InChI is InChI=1S/C10H17NO4/c12-9(13)6-8(10(14)15)11-7-4-2-1-3-5-7/h7-8,11H,1-6H2,(H,12,13)(H,14,15)/t8-/m0/s1. The minimum Gasteiger partial charge on any atom is -0.481 e. The molecule has 1 aliphatic carbocycles. The van der Waals surface area contributed by atoms with Crippen molar-refractivity contribution in [2.75, 3.05) is 0 Å². The van der Waals surface area contributed by atoms with E-state index in [1.165, 1.54) is 6.42 Å². The molecule has 1 saturated carbocycles. The largest absolute Gasteiger partial charge is 0.481 e. The summed E-state index contributed by atoms with van der Waals surface area (Å²) in [5, 5.41) is 20.3. The van der Waals surface area contributed by atoms with E-state index in [9.17, 15) is 9.59 Å². The first-order valence-corrected chi connectivity index (χ1v) is 5.30. The van der Waals surface area contributed by atoms with Crippen LogP contribution < -0.4 is 5.32 Å². The minimum absolute atomic E-state index is 0.166. The van der Waals surface area contributed by atoms with Gasteiger partial charge in [-0.1, -0.05) is 19.3 Å². The summed E-state index contributed by atoms with van der Waals surface area (Å²) in [4.78, 5) is 21.2. The Hall–Kier alpha value is -1.10. The average Bonchev–Trinajstić information content (AvgIpc) is 2.17. The van der Waals surface area contributed by atoms with E-state index in [0.29, 0.717) is 0 Å². The van der Waals surface area contributed by atoms with Crippen LogP contribution in [0.3, 0.4) is 0 Å². The van der Waals surface area contributed by atoms with Gasteiger partial charge in [-0.15, -0.1) is 0 Å². The quantitative estimate of drug-likeness (QED) is 0.632. The van der Waals surface area contributed by atoms with Crippen molar-refractivity contribution in [2.45, 2.75) is 50.6 Å². The Balaban J connectivity index is 2.42. The van der Waals surface area contributed by atoms with Crippen molar-refractivity contribution in [3.05, 3.63) is 0 Å². The number of carbonyl (C=O) groups is 2. The van der Waals surface area contributed by atoms with Crippen molar-refractivity contribution >= 4 is 11.9 Å². The first kappa shape index (κ1) is 12.0. The summed E-state index contributed by atoms with van der Waals surface area (Å²) >= 11 is 0.